The van der Waals surface area contributed by atoms with Gasteiger partial charge in [-0.25, -0.2) is 4.98 Å². The maximum atomic E-state index is 10.9. The van der Waals surface area contributed by atoms with Crippen molar-refractivity contribution in [2.45, 2.75) is 26.3 Å². The fourth-order valence-corrected chi connectivity index (χ4v) is 3.01. The molecule has 0 fully saturated rings. The second-order valence-electron chi connectivity index (χ2n) is 6.41. The Labute approximate surface area is 152 Å². The van der Waals surface area contributed by atoms with E-state index < -0.39 is 4.92 Å². The third-order valence-electron chi connectivity index (χ3n) is 4.29. The highest BCUT2D eigenvalue weighted by Crippen LogP contribution is 2.30. The van der Waals surface area contributed by atoms with Crippen molar-refractivity contribution in [1.82, 2.24) is 9.55 Å². The van der Waals surface area contributed by atoms with Crippen LogP contribution in [-0.2, 0) is 6.54 Å². The van der Waals surface area contributed by atoms with E-state index in [1.54, 1.807) is 19.2 Å². The molecule has 0 radical (unpaired) electrons. The summed E-state index contributed by atoms with van der Waals surface area (Å²) < 4.78 is 7.33. The molecule has 1 heterocycles. The van der Waals surface area contributed by atoms with Crippen LogP contribution in [0.4, 0.5) is 5.69 Å². The smallest absolute Gasteiger partial charge is 0.269 e. The predicted octanol–water partition coefficient (Wildman–Crippen LogP) is 4.64. The zero-order valence-electron chi connectivity index (χ0n) is 15.0. The number of aromatic nitrogens is 2. The molecule has 0 aliphatic carbocycles. The number of benzene rings is 2. The molecule has 3 aromatic rings. The molecule has 0 bridgehead atoms. The third-order valence-corrected chi connectivity index (χ3v) is 4.29. The molecule has 134 valence electrons. The zero-order chi connectivity index (χ0) is 18.7. The highest BCUT2D eigenvalue weighted by Gasteiger charge is 2.17. The average molecular weight is 351 g/mol. The van der Waals surface area contributed by atoms with Crippen LogP contribution in [0.3, 0.4) is 0 Å². The van der Waals surface area contributed by atoms with Gasteiger partial charge in [-0.1, -0.05) is 26.0 Å². The van der Waals surface area contributed by atoms with Gasteiger partial charge in [-0.2, -0.15) is 0 Å². The average Bonchev–Trinajstić information content (AvgIpc) is 3.06. The van der Waals surface area contributed by atoms with Crippen LogP contribution in [0.2, 0.25) is 0 Å². The van der Waals surface area contributed by atoms with Gasteiger partial charge >= 0.3 is 0 Å². The molecular weight excluding hydrogens is 330 g/mol. The Morgan fingerprint density at radius 2 is 1.77 bits per heavy atom. The Kier molecular flexibility index (Phi) is 5.02. The summed E-state index contributed by atoms with van der Waals surface area (Å²) in [5, 5.41) is 10.9. The van der Waals surface area contributed by atoms with Gasteiger partial charge in [0.25, 0.3) is 5.69 Å². The molecular formula is C20H21N3O3. The number of non-ortho nitro benzene ring substituents is 1. The molecule has 6 heteroatoms. The number of hydrogen-bond acceptors (Lipinski definition) is 4. The van der Waals surface area contributed by atoms with E-state index in [0.29, 0.717) is 6.54 Å². The maximum Gasteiger partial charge on any atom is 0.269 e. The van der Waals surface area contributed by atoms with E-state index in [-0.39, 0.29) is 11.6 Å². The van der Waals surface area contributed by atoms with Crippen molar-refractivity contribution < 1.29 is 9.66 Å². The van der Waals surface area contributed by atoms with Crippen molar-refractivity contribution in [2.24, 2.45) is 0 Å². The number of nitrogens with zero attached hydrogens (tertiary/aromatic N) is 3. The van der Waals surface area contributed by atoms with Gasteiger partial charge in [0.15, 0.2) is 0 Å². The summed E-state index contributed by atoms with van der Waals surface area (Å²) >= 11 is 0. The maximum absolute atomic E-state index is 10.9. The number of rotatable bonds is 6. The minimum absolute atomic E-state index is 0.0810. The summed E-state index contributed by atoms with van der Waals surface area (Å²) in [5.41, 5.74) is 4.09. The van der Waals surface area contributed by atoms with Crippen LogP contribution < -0.4 is 4.74 Å². The van der Waals surface area contributed by atoms with Crippen LogP contribution in [0.25, 0.3) is 11.3 Å². The normalized spacial score (nSPS) is 10.9. The first-order chi connectivity index (χ1) is 12.5. The summed E-state index contributed by atoms with van der Waals surface area (Å²) in [6.45, 7) is 4.95. The highest BCUT2D eigenvalue weighted by molar-refractivity contribution is 5.64. The SMILES string of the molecule is COc1ccc(Cn2cnc(-c3ccc([N+](=O)[O-])cc3)c2C(C)C)cc1. The fraction of sp³-hybridized carbons (Fsp3) is 0.250. The molecule has 0 spiro atoms. The lowest BCUT2D eigenvalue weighted by Crippen LogP contribution is -2.05. The van der Waals surface area contributed by atoms with Crippen LogP contribution in [0, 0.1) is 10.1 Å². The van der Waals surface area contributed by atoms with E-state index in [4.69, 9.17) is 4.74 Å². The molecule has 6 nitrogen and oxygen atoms in total. The lowest BCUT2D eigenvalue weighted by Gasteiger charge is -2.14. The van der Waals surface area contributed by atoms with E-state index in [0.717, 1.165) is 28.3 Å². The predicted molar refractivity (Wildman–Crippen MR) is 101 cm³/mol. The van der Waals surface area contributed by atoms with E-state index in [1.165, 1.54) is 12.1 Å². The van der Waals surface area contributed by atoms with E-state index in [9.17, 15) is 10.1 Å². The first kappa shape index (κ1) is 17.7. The number of methoxy groups -OCH3 is 1. The van der Waals surface area contributed by atoms with Crippen molar-refractivity contribution in [3.05, 3.63) is 76.2 Å². The fourth-order valence-electron chi connectivity index (χ4n) is 3.01. The topological polar surface area (TPSA) is 70.2 Å². The van der Waals surface area contributed by atoms with Crippen LogP contribution in [-0.4, -0.2) is 21.6 Å². The monoisotopic (exact) mass is 351 g/mol. The molecule has 1 aromatic heterocycles. The molecule has 0 amide bonds. The molecule has 0 atom stereocenters. The molecule has 0 unspecified atom stereocenters. The van der Waals surface area contributed by atoms with Crippen molar-refractivity contribution in [3.8, 4) is 17.0 Å². The van der Waals surface area contributed by atoms with Gasteiger partial charge in [0, 0.05) is 29.9 Å². The van der Waals surface area contributed by atoms with Crippen molar-refractivity contribution >= 4 is 5.69 Å². The van der Waals surface area contributed by atoms with E-state index in [2.05, 4.69) is 23.4 Å². The first-order valence-corrected chi connectivity index (χ1v) is 8.42. The summed E-state index contributed by atoms with van der Waals surface area (Å²) in [6, 6.07) is 14.5. The molecule has 0 saturated heterocycles. The molecule has 0 aliphatic heterocycles. The number of hydrogen-bond donors (Lipinski definition) is 0. The second kappa shape index (κ2) is 7.39. The second-order valence-corrected chi connectivity index (χ2v) is 6.41. The lowest BCUT2D eigenvalue weighted by atomic mass is 10.0. The first-order valence-electron chi connectivity index (χ1n) is 8.42. The molecule has 0 N–H and O–H groups in total. The van der Waals surface area contributed by atoms with Gasteiger partial charge in [-0.15, -0.1) is 0 Å². The van der Waals surface area contributed by atoms with Crippen molar-refractivity contribution in [3.63, 3.8) is 0 Å². The van der Waals surface area contributed by atoms with Gasteiger partial charge in [0.1, 0.15) is 5.75 Å². The van der Waals surface area contributed by atoms with Crippen LogP contribution >= 0.6 is 0 Å². The number of imidazole rings is 1. The number of nitro benzene ring substituents is 1. The zero-order valence-corrected chi connectivity index (χ0v) is 15.0. The van der Waals surface area contributed by atoms with Crippen LogP contribution in [0.15, 0.2) is 54.9 Å². The lowest BCUT2D eigenvalue weighted by molar-refractivity contribution is -0.384. The van der Waals surface area contributed by atoms with Gasteiger partial charge in [-0.05, 0) is 35.7 Å². The molecule has 0 saturated carbocycles. The molecule has 2 aromatic carbocycles. The van der Waals surface area contributed by atoms with Gasteiger partial charge in [0.2, 0.25) is 0 Å². The molecule has 26 heavy (non-hydrogen) atoms. The Morgan fingerprint density at radius 3 is 2.31 bits per heavy atom. The van der Waals surface area contributed by atoms with Crippen LogP contribution in [0.1, 0.15) is 31.0 Å². The Hall–Kier alpha value is -3.15. The van der Waals surface area contributed by atoms with Gasteiger partial charge in [0.05, 0.1) is 24.1 Å². The third kappa shape index (κ3) is 3.59. The van der Waals surface area contributed by atoms with Crippen LogP contribution in [0.5, 0.6) is 5.75 Å². The summed E-state index contributed by atoms with van der Waals surface area (Å²) in [7, 11) is 1.65. The van der Waals surface area contributed by atoms with Gasteiger partial charge in [-0.3, -0.25) is 10.1 Å². The Morgan fingerprint density at radius 1 is 1.12 bits per heavy atom. The van der Waals surface area contributed by atoms with E-state index >= 15 is 0 Å². The number of ether oxygens (including phenoxy) is 1. The van der Waals surface area contributed by atoms with Gasteiger partial charge < -0.3 is 9.30 Å². The number of nitro groups is 1. The van der Waals surface area contributed by atoms with Crippen molar-refractivity contribution in [1.29, 1.82) is 0 Å². The summed E-state index contributed by atoms with van der Waals surface area (Å²) in [5.74, 6) is 1.09. The molecule has 3 rings (SSSR count). The Balaban J connectivity index is 1.93. The Bertz CT molecular complexity index is 897. The molecule has 0 aliphatic rings. The minimum Gasteiger partial charge on any atom is -0.497 e. The standard InChI is InChI=1S/C20H21N3O3/c1-14(2)20-19(16-6-8-17(9-7-16)23(24)25)21-13-22(20)12-15-4-10-18(26-3)11-5-15/h4-11,13-14H,12H2,1-3H3. The minimum atomic E-state index is -0.393. The largest absolute Gasteiger partial charge is 0.497 e. The highest BCUT2D eigenvalue weighted by atomic mass is 16.6. The van der Waals surface area contributed by atoms with Crippen molar-refractivity contribution in [2.75, 3.05) is 7.11 Å². The van der Waals surface area contributed by atoms with E-state index in [1.807, 2.05) is 30.6 Å². The summed E-state index contributed by atoms with van der Waals surface area (Å²) in [6.07, 6.45) is 1.83. The quantitative estimate of drug-likeness (QED) is 0.479. The summed E-state index contributed by atoms with van der Waals surface area (Å²) in [4.78, 5) is 15.0.